The molecule has 3 rings (SSSR count). The first-order valence-electron chi connectivity index (χ1n) is 7.12. The van der Waals surface area contributed by atoms with Crippen molar-refractivity contribution in [3.63, 3.8) is 0 Å². The fourth-order valence-electron chi connectivity index (χ4n) is 2.39. The number of rotatable bonds is 5. The molecule has 118 valence electrons. The van der Waals surface area contributed by atoms with Gasteiger partial charge in [-0.1, -0.05) is 23.7 Å². The molecule has 23 heavy (non-hydrogen) atoms. The van der Waals surface area contributed by atoms with Gasteiger partial charge >= 0.3 is 0 Å². The highest BCUT2D eigenvalue weighted by Gasteiger charge is 2.23. The molecule has 3 aromatic heterocycles. The zero-order chi connectivity index (χ0) is 16.2. The molecule has 0 bridgehead atoms. The van der Waals surface area contributed by atoms with Gasteiger partial charge in [0.2, 0.25) is 0 Å². The third-order valence-electron chi connectivity index (χ3n) is 3.44. The van der Waals surface area contributed by atoms with Crippen molar-refractivity contribution in [1.82, 2.24) is 19.3 Å². The van der Waals surface area contributed by atoms with Crippen LogP contribution in [0.15, 0.2) is 48.9 Å². The molecule has 0 atom stereocenters. The Morgan fingerprint density at radius 2 is 2.17 bits per heavy atom. The van der Waals surface area contributed by atoms with Gasteiger partial charge in [-0.25, -0.2) is 4.98 Å². The van der Waals surface area contributed by atoms with E-state index in [9.17, 15) is 9.90 Å². The molecule has 0 aromatic carbocycles. The van der Waals surface area contributed by atoms with Crippen LogP contribution >= 0.6 is 11.6 Å². The van der Waals surface area contributed by atoms with Gasteiger partial charge in [0.1, 0.15) is 5.65 Å². The van der Waals surface area contributed by atoms with Crippen LogP contribution in [0.4, 0.5) is 0 Å². The number of hydrogen-bond acceptors (Lipinski definition) is 4. The van der Waals surface area contributed by atoms with Crippen molar-refractivity contribution < 1.29 is 9.90 Å². The number of fused-ring (bicyclic) bond motifs is 1. The maximum Gasteiger partial charge on any atom is 0.274 e. The second kappa shape index (κ2) is 6.76. The largest absolute Gasteiger partial charge is 0.395 e. The molecule has 1 amide bonds. The van der Waals surface area contributed by atoms with Crippen LogP contribution < -0.4 is 0 Å². The first kappa shape index (κ1) is 15.5. The Hall–Kier alpha value is -2.44. The van der Waals surface area contributed by atoms with Gasteiger partial charge in [0.15, 0.2) is 10.8 Å². The summed E-state index contributed by atoms with van der Waals surface area (Å²) in [7, 11) is 0. The van der Waals surface area contributed by atoms with E-state index in [-0.39, 0.29) is 24.2 Å². The fraction of sp³-hybridized carbons (Fsp3) is 0.188. The Bertz CT molecular complexity index is 819. The van der Waals surface area contributed by atoms with E-state index in [1.54, 1.807) is 41.2 Å². The third kappa shape index (κ3) is 3.18. The van der Waals surface area contributed by atoms with Crippen LogP contribution in [-0.4, -0.2) is 43.4 Å². The van der Waals surface area contributed by atoms with Gasteiger partial charge in [0.25, 0.3) is 5.91 Å². The fourth-order valence-corrected chi connectivity index (χ4v) is 2.65. The molecule has 1 N–H and O–H groups in total. The highest BCUT2D eigenvalue weighted by atomic mass is 35.5. The minimum Gasteiger partial charge on any atom is -0.395 e. The van der Waals surface area contributed by atoms with Crippen LogP contribution in [0.25, 0.3) is 5.65 Å². The number of imidazole rings is 1. The van der Waals surface area contributed by atoms with Gasteiger partial charge in [-0.2, -0.15) is 0 Å². The molecule has 0 spiro atoms. The normalized spacial score (nSPS) is 10.9. The monoisotopic (exact) mass is 330 g/mol. The summed E-state index contributed by atoms with van der Waals surface area (Å²) in [6, 6.07) is 9.09. The third-order valence-corrected chi connectivity index (χ3v) is 3.71. The van der Waals surface area contributed by atoms with Crippen molar-refractivity contribution in [2.45, 2.75) is 6.54 Å². The molecule has 0 aliphatic heterocycles. The lowest BCUT2D eigenvalue weighted by atomic mass is 10.2. The second-order valence-electron chi connectivity index (χ2n) is 4.99. The first-order chi connectivity index (χ1) is 11.2. The summed E-state index contributed by atoms with van der Waals surface area (Å²) in [6.45, 7) is 0.397. The lowest BCUT2D eigenvalue weighted by molar-refractivity contribution is 0.0701. The molecular weight excluding hydrogens is 316 g/mol. The zero-order valence-electron chi connectivity index (χ0n) is 12.3. The van der Waals surface area contributed by atoms with Gasteiger partial charge in [0.05, 0.1) is 6.61 Å². The number of aliphatic hydroxyl groups excluding tert-OH is 1. The van der Waals surface area contributed by atoms with E-state index >= 15 is 0 Å². The summed E-state index contributed by atoms with van der Waals surface area (Å²) in [5.74, 6) is -0.286. The number of nitrogens with zero attached hydrogens (tertiary/aromatic N) is 4. The van der Waals surface area contributed by atoms with Crippen molar-refractivity contribution in [1.29, 1.82) is 0 Å². The molecule has 3 heterocycles. The molecule has 0 fully saturated rings. The Morgan fingerprint density at radius 1 is 1.30 bits per heavy atom. The molecule has 0 aliphatic carbocycles. The van der Waals surface area contributed by atoms with Crippen LogP contribution in [0.2, 0.25) is 5.15 Å². The van der Waals surface area contributed by atoms with Crippen LogP contribution in [-0.2, 0) is 6.54 Å². The highest BCUT2D eigenvalue weighted by molar-refractivity contribution is 6.32. The lowest BCUT2D eigenvalue weighted by Crippen LogP contribution is -2.34. The van der Waals surface area contributed by atoms with E-state index in [0.717, 1.165) is 5.56 Å². The van der Waals surface area contributed by atoms with Crippen molar-refractivity contribution >= 4 is 23.2 Å². The summed E-state index contributed by atoms with van der Waals surface area (Å²) in [6.07, 6.45) is 5.10. The Morgan fingerprint density at radius 3 is 2.91 bits per heavy atom. The molecular formula is C16H15ClN4O2. The summed E-state index contributed by atoms with van der Waals surface area (Å²) in [5.41, 5.74) is 1.77. The lowest BCUT2D eigenvalue weighted by Gasteiger charge is -2.21. The van der Waals surface area contributed by atoms with Gasteiger partial charge < -0.3 is 10.0 Å². The molecule has 3 aromatic rings. The predicted octanol–water partition coefficient (Wildman–Crippen LogP) is 2.02. The predicted molar refractivity (Wildman–Crippen MR) is 86.3 cm³/mol. The topological polar surface area (TPSA) is 70.7 Å². The molecule has 0 saturated heterocycles. The number of aromatic nitrogens is 3. The van der Waals surface area contributed by atoms with Crippen molar-refractivity contribution in [3.05, 3.63) is 65.3 Å². The van der Waals surface area contributed by atoms with E-state index in [2.05, 4.69) is 9.97 Å². The van der Waals surface area contributed by atoms with Crippen molar-refractivity contribution in [2.24, 2.45) is 0 Å². The summed E-state index contributed by atoms with van der Waals surface area (Å²) >= 11 is 6.16. The minimum atomic E-state index is -0.286. The Kier molecular flexibility index (Phi) is 4.55. The molecule has 0 radical (unpaired) electrons. The number of amides is 1. The number of hydrogen-bond donors (Lipinski definition) is 1. The second-order valence-corrected chi connectivity index (χ2v) is 5.35. The summed E-state index contributed by atoms with van der Waals surface area (Å²) in [5, 5.41) is 9.43. The Balaban J connectivity index is 1.95. The molecule has 0 saturated carbocycles. The van der Waals surface area contributed by atoms with Gasteiger partial charge in [-0.15, -0.1) is 0 Å². The molecule has 0 unspecified atom stereocenters. The maximum absolute atomic E-state index is 12.9. The summed E-state index contributed by atoms with van der Waals surface area (Å²) in [4.78, 5) is 22.6. The standard InChI is InChI=1S/C16H15ClN4O2/c17-15-14(21-7-2-1-5-13(21)19-15)16(23)20(8-9-22)11-12-4-3-6-18-10-12/h1-7,10,22H,8-9,11H2. The van der Waals surface area contributed by atoms with Crippen LogP contribution in [0.1, 0.15) is 16.1 Å². The van der Waals surface area contributed by atoms with Crippen LogP contribution in [0.3, 0.4) is 0 Å². The van der Waals surface area contributed by atoms with E-state index in [4.69, 9.17) is 11.6 Å². The average molecular weight is 331 g/mol. The van der Waals surface area contributed by atoms with E-state index < -0.39 is 0 Å². The Labute approximate surface area is 138 Å². The van der Waals surface area contributed by atoms with Crippen molar-refractivity contribution in [3.8, 4) is 0 Å². The van der Waals surface area contributed by atoms with E-state index in [1.807, 2.05) is 12.1 Å². The number of halogens is 1. The maximum atomic E-state index is 12.9. The molecule has 6 nitrogen and oxygen atoms in total. The summed E-state index contributed by atoms with van der Waals surface area (Å²) < 4.78 is 1.65. The smallest absolute Gasteiger partial charge is 0.274 e. The minimum absolute atomic E-state index is 0.139. The number of carbonyl (C=O) groups excluding carboxylic acids is 1. The average Bonchev–Trinajstić information content (AvgIpc) is 2.90. The number of carbonyl (C=O) groups is 1. The van der Waals surface area contributed by atoms with Gasteiger partial charge in [0, 0.05) is 31.7 Å². The van der Waals surface area contributed by atoms with E-state index in [1.165, 1.54) is 4.90 Å². The first-order valence-corrected chi connectivity index (χ1v) is 7.50. The quantitative estimate of drug-likeness (QED) is 0.777. The number of aliphatic hydroxyl groups is 1. The highest BCUT2D eigenvalue weighted by Crippen LogP contribution is 2.20. The SMILES string of the molecule is O=C(c1c(Cl)nc2ccccn12)N(CCO)Cc1cccnc1. The number of pyridine rings is 2. The van der Waals surface area contributed by atoms with Gasteiger partial charge in [-0.3, -0.25) is 14.2 Å². The van der Waals surface area contributed by atoms with Crippen molar-refractivity contribution in [2.75, 3.05) is 13.2 Å². The molecule has 7 heteroatoms. The van der Waals surface area contributed by atoms with Crippen LogP contribution in [0, 0.1) is 0 Å². The zero-order valence-corrected chi connectivity index (χ0v) is 13.0. The van der Waals surface area contributed by atoms with E-state index in [0.29, 0.717) is 17.9 Å². The van der Waals surface area contributed by atoms with Crippen LogP contribution in [0.5, 0.6) is 0 Å². The molecule has 0 aliphatic rings. The van der Waals surface area contributed by atoms with Gasteiger partial charge in [-0.05, 0) is 23.8 Å².